The van der Waals surface area contributed by atoms with Crippen molar-refractivity contribution < 1.29 is 13.2 Å². The molecule has 90 valence electrons. The molecule has 0 bridgehead atoms. The fourth-order valence-corrected chi connectivity index (χ4v) is 3.30. The minimum atomic E-state index is -3.51. The lowest BCUT2D eigenvalue weighted by Crippen LogP contribution is -2.46. The van der Waals surface area contributed by atoms with Crippen LogP contribution in [0, 0.1) is 6.92 Å². The molecule has 1 unspecified atom stereocenters. The summed E-state index contributed by atoms with van der Waals surface area (Å²) in [6.07, 6.45) is 2.00. The van der Waals surface area contributed by atoms with Crippen LogP contribution < -0.4 is 4.72 Å². The van der Waals surface area contributed by atoms with Crippen LogP contribution in [0.25, 0.3) is 0 Å². The predicted octanol–water partition coefficient (Wildman–Crippen LogP) is 0.175. The fraction of sp³-hybridized carbons (Fsp3) is 0.667. The van der Waals surface area contributed by atoms with Gasteiger partial charge in [0, 0.05) is 6.61 Å². The molecule has 1 atom stereocenters. The number of ether oxygens (including phenoxy) is 1. The van der Waals surface area contributed by atoms with Crippen LogP contribution in [-0.2, 0) is 14.8 Å². The van der Waals surface area contributed by atoms with Gasteiger partial charge in [0.25, 0.3) is 0 Å². The van der Waals surface area contributed by atoms with Crippen LogP contribution in [-0.4, -0.2) is 37.4 Å². The maximum atomic E-state index is 12.0. The summed E-state index contributed by atoms with van der Waals surface area (Å²) in [4.78, 5) is 0.195. The highest BCUT2D eigenvalue weighted by molar-refractivity contribution is 7.89. The Morgan fingerprint density at radius 1 is 1.62 bits per heavy atom. The lowest BCUT2D eigenvalue weighted by Gasteiger charge is -2.22. The van der Waals surface area contributed by atoms with Crippen LogP contribution in [0.2, 0.25) is 0 Å². The van der Waals surface area contributed by atoms with E-state index in [-0.39, 0.29) is 4.90 Å². The van der Waals surface area contributed by atoms with Gasteiger partial charge in [-0.05, 0) is 20.3 Å². The second-order valence-corrected chi connectivity index (χ2v) is 5.98. The van der Waals surface area contributed by atoms with Gasteiger partial charge in [0.15, 0.2) is 0 Å². The number of aromatic amines is 1. The molecule has 2 rings (SSSR count). The van der Waals surface area contributed by atoms with Crippen LogP contribution in [0.5, 0.6) is 0 Å². The lowest BCUT2D eigenvalue weighted by molar-refractivity contribution is 0.178. The Morgan fingerprint density at radius 2 is 2.38 bits per heavy atom. The second kappa shape index (κ2) is 3.83. The van der Waals surface area contributed by atoms with E-state index in [1.807, 2.05) is 6.92 Å². The van der Waals surface area contributed by atoms with Crippen molar-refractivity contribution in [2.24, 2.45) is 0 Å². The molecule has 1 aliphatic heterocycles. The molecular formula is C9H15N3O3S. The molecule has 0 aromatic carbocycles. The molecule has 7 heteroatoms. The molecule has 2 N–H and O–H groups in total. The number of hydrogen-bond acceptors (Lipinski definition) is 4. The first-order chi connectivity index (χ1) is 7.43. The molecule has 0 spiro atoms. The molecule has 2 heterocycles. The van der Waals surface area contributed by atoms with E-state index in [1.165, 1.54) is 6.20 Å². The molecule has 0 radical (unpaired) electrons. The third-order valence-corrected chi connectivity index (χ3v) is 4.42. The monoisotopic (exact) mass is 245 g/mol. The molecule has 0 saturated carbocycles. The minimum Gasteiger partial charge on any atom is -0.379 e. The summed E-state index contributed by atoms with van der Waals surface area (Å²) in [5, 5.41) is 6.32. The van der Waals surface area contributed by atoms with Gasteiger partial charge in [-0.15, -0.1) is 0 Å². The Bertz CT molecular complexity index is 474. The van der Waals surface area contributed by atoms with Crippen LogP contribution in [0.3, 0.4) is 0 Å². The van der Waals surface area contributed by atoms with Crippen LogP contribution in [0.4, 0.5) is 0 Å². The van der Waals surface area contributed by atoms with Crippen LogP contribution >= 0.6 is 0 Å². The van der Waals surface area contributed by atoms with Crippen molar-refractivity contribution in [2.75, 3.05) is 13.2 Å². The van der Waals surface area contributed by atoms with E-state index in [0.29, 0.717) is 25.3 Å². The second-order valence-electron chi connectivity index (χ2n) is 4.33. The zero-order chi connectivity index (χ0) is 11.8. The molecular weight excluding hydrogens is 230 g/mol. The zero-order valence-corrected chi connectivity index (χ0v) is 10.1. The van der Waals surface area contributed by atoms with E-state index in [2.05, 4.69) is 14.9 Å². The van der Waals surface area contributed by atoms with Gasteiger partial charge in [-0.25, -0.2) is 13.1 Å². The predicted molar refractivity (Wildman–Crippen MR) is 57.5 cm³/mol. The average Bonchev–Trinajstić information content (AvgIpc) is 2.73. The average molecular weight is 245 g/mol. The summed E-state index contributed by atoms with van der Waals surface area (Å²) in [6.45, 7) is 4.51. The van der Waals surface area contributed by atoms with Gasteiger partial charge in [0.2, 0.25) is 10.0 Å². The molecule has 0 amide bonds. The highest BCUT2D eigenvalue weighted by Gasteiger charge is 2.35. The van der Waals surface area contributed by atoms with Crippen molar-refractivity contribution >= 4 is 10.0 Å². The SMILES string of the molecule is Cc1[nH]ncc1S(=O)(=O)NC1(C)CCOC1. The number of aryl methyl sites for hydroxylation is 1. The van der Waals surface area contributed by atoms with Crippen molar-refractivity contribution in [3.8, 4) is 0 Å². The topological polar surface area (TPSA) is 84.1 Å². The fourth-order valence-electron chi connectivity index (χ4n) is 1.74. The highest BCUT2D eigenvalue weighted by atomic mass is 32.2. The van der Waals surface area contributed by atoms with Crippen LogP contribution in [0.15, 0.2) is 11.1 Å². The van der Waals surface area contributed by atoms with E-state index in [9.17, 15) is 8.42 Å². The van der Waals surface area contributed by atoms with Crippen molar-refractivity contribution in [2.45, 2.75) is 30.7 Å². The van der Waals surface area contributed by atoms with Crippen molar-refractivity contribution in [1.29, 1.82) is 0 Å². The number of sulfonamides is 1. The summed E-state index contributed by atoms with van der Waals surface area (Å²) in [7, 11) is -3.51. The van der Waals surface area contributed by atoms with E-state index in [0.717, 1.165) is 0 Å². The standard InChI is InChI=1S/C9H15N3O3S/c1-7-8(5-10-11-7)16(13,14)12-9(2)3-4-15-6-9/h5,12H,3-4,6H2,1-2H3,(H,10,11). The molecule has 1 aromatic heterocycles. The Labute approximate surface area is 94.4 Å². The van der Waals surface area contributed by atoms with Gasteiger partial charge in [-0.1, -0.05) is 0 Å². The Kier molecular flexibility index (Phi) is 2.77. The molecule has 1 aliphatic rings. The third kappa shape index (κ3) is 2.11. The zero-order valence-electron chi connectivity index (χ0n) is 9.28. The maximum absolute atomic E-state index is 12.0. The maximum Gasteiger partial charge on any atom is 0.244 e. The first-order valence-corrected chi connectivity index (χ1v) is 6.53. The van der Waals surface area contributed by atoms with Crippen molar-refractivity contribution in [3.63, 3.8) is 0 Å². The number of nitrogens with zero attached hydrogens (tertiary/aromatic N) is 1. The van der Waals surface area contributed by atoms with E-state index in [4.69, 9.17) is 4.74 Å². The molecule has 6 nitrogen and oxygen atoms in total. The van der Waals surface area contributed by atoms with Crippen molar-refractivity contribution in [1.82, 2.24) is 14.9 Å². The van der Waals surface area contributed by atoms with Gasteiger partial charge >= 0.3 is 0 Å². The quantitative estimate of drug-likeness (QED) is 0.795. The first kappa shape index (κ1) is 11.6. The molecule has 1 saturated heterocycles. The summed E-state index contributed by atoms with van der Waals surface area (Å²) >= 11 is 0. The van der Waals surface area contributed by atoms with E-state index >= 15 is 0 Å². The number of H-pyrrole nitrogens is 1. The smallest absolute Gasteiger partial charge is 0.244 e. The number of nitrogens with one attached hydrogen (secondary N) is 2. The van der Waals surface area contributed by atoms with Gasteiger partial charge in [-0.2, -0.15) is 5.10 Å². The summed E-state index contributed by atoms with van der Waals surface area (Å²) in [5.41, 5.74) is 0.0257. The Balaban J connectivity index is 2.24. The summed E-state index contributed by atoms with van der Waals surface area (Å²) in [5.74, 6) is 0. The summed E-state index contributed by atoms with van der Waals surface area (Å²) in [6, 6.07) is 0. The van der Waals surface area contributed by atoms with Crippen LogP contribution in [0.1, 0.15) is 19.0 Å². The molecule has 0 aliphatic carbocycles. The Hall–Kier alpha value is -0.920. The van der Waals surface area contributed by atoms with Gasteiger partial charge < -0.3 is 4.74 Å². The molecule has 1 aromatic rings. The third-order valence-electron chi connectivity index (χ3n) is 2.67. The highest BCUT2D eigenvalue weighted by Crippen LogP contribution is 2.21. The number of aromatic nitrogens is 2. The molecule has 16 heavy (non-hydrogen) atoms. The number of hydrogen-bond donors (Lipinski definition) is 2. The van der Waals surface area contributed by atoms with E-state index < -0.39 is 15.6 Å². The lowest BCUT2D eigenvalue weighted by atomic mass is 10.0. The van der Waals surface area contributed by atoms with E-state index in [1.54, 1.807) is 6.92 Å². The van der Waals surface area contributed by atoms with Gasteiger partial charge in [0.1, 0.15) is 4.90 Å². The largest absolute Gasteiger partial charge is 0.379 e. The normalized spacial score (nSPS) is 26.1. The van der Waals surface area contributed by atoms with Crippen molar-refractivity contribution in [3.05, 3.63) is 11.9 Å². The summed E-state index contributed by atoms with van der Waals surface area (Å²) < 4.78 is 32.0. The molecule has 1 fully saturated rings. The Morgan fingerprint density at radius 3 is 2.88 bits per heavy atom. The van der Waals surface area contributed by atoms with Gasteiger partial charge in [-0.3, -0.25) is 5.10 Å². The minimum absolute atomic E-state index is 0.195. The number of rotatable bonds is 3. The van der Waals surface area contributed by atoms with Gasteiger partial charge in [0.05, 0.1) is 24.0 Å². The first-order valence-electron chi connectivity index (χ1n) is 5.05.